The molecule has 19 heavy (non-hydrogen) atoms. The second-order valence-corrected chi connectivity index (χ2v) is 6.00. The molecular weight excluding hydrogens is 232 g/mol. The van der Waals surface area contributed by atoms with E-state index in [-0.39, 0.29) is 0 Å². The van der Waals surface area contributed by atoms with Crippen molar-refractivity contribution >= 4 is 0 Å². The van der Waals surface area contributed by atoms with Crippen molar-refractivity contribution in [2.24, 2.45) is 0 Å². The Labute approximate surface area is 117 Å². The Bertz CT molecular complexity index is 396. The average Bonchev–Trinajstić information content (AvgIpc) is 2.88. The van der Waals surface area contributed by atoms with E-state index < -0.39 is 0 Å². The molecule has 104 valence electrons. The summed E-state index contributed by atoms with van der Waals surface area (Å²) in [5, 5.41) is 3.75. The van der Waals surface area contributed by atoms with Gasteiger partial charge in [0.05, 0.1) is 0 Å². The molecule has 1 N–H and O–H groups in total. The Kier molecular flexibility index (Phi) is 4.52. The first-order valence-electron chi connectivity index (χ1n) is 7.97. The van der Waals surface area contributed by atoms with Crippen LogP contribution in [0.5, 0.6) is 0 Å². The van der Waals surface area contributed by atoms with Gasteiger partial charge in [0.2, 0.25) is 0 Å². The molecule has 2 heteroatoms. The molecule has 0 spiro atoms. The van der Waals surface area contributed by atoms with Gasteiger partial charge in [0.25, 0.3) is 0 Å². The number of piperidine rings is 1. The van der Waals surface area contributed by atoms with Crippen molar-refractivity contribution in [3.63, 3.8) is 0 Å². The molecule has 1 fully saturated rings. The molecule has 0 radical (unpaired) electrons. The summed E-state index contributed by atoms with van der Waals surface area (Å²) in [6, 6.07) is 9.53. The monoisotopic (exact) mass is 258 g/mol. The van der Waals surface area contributed by atoms with E-state index in [1.165, 1.54) is 58.2 Å². The minimum absolute atomic E-state index is 0.609. The van der Waals surface area contributed by atoms with Crippen LogP contribution in [-0.2, 0) is 6.42 Å². The van der Waals surface area contributed by atoms with Gasteiger partial charge in [-0.05, 0) is 69.4 Å². The lowest BCUT2D eigenvalue weighted by Gasteiger charge is -2.26. The number of hydrogen-bond acceptors (Lipinski definition) is 2. The maximum absolute atomic E-state index is 3.75. The highest BCUT2D eigenvalue weighted by atomic mass is 15.1. The highest BCUT2D eigenvalue weighted by Crippen LogP contribution is 2.30. The molecule has 3 rings (SSSR count). The van der Waals surface area contributed by atoms with E-state index in [0.717, 1.165) is 6.54 Å². The fourth-order valence-corrected chi connectivity index (χ4v) is 3.53. The molecule has 2 aliphatic rings. The normalized spacial score (nSPS) is 23.5. The molecule has 1 heterocycles. The first kappa shape index (κ1) is 13.1. The van der Waals surface area contributed by atoms with E-state index in [4.69, 9.17) is 0 Å². The summed E-state index contributed by atoms with van der Waals surface area (Å²) >= 11 is 0. The van der Waals surface area contributed by atoms with Crippen LogP contribution in [0.1, 0.15) is 49.3 Å². The standard InChI is InChI=1S/C17H26N2/c1-4-12-19(13-5-1)14-6-11-18-17-10-9-15-7-2-3-8-16(15)17/h2-3,7-8,17-18H,1,4-6,9-14H2. The summed E-state index contributed by atoms with van der Waals surface area (Å²) in [5.41, 5.74) is 3.09. The zero-order valence-corrected chi connectivity index (χ0v) is 11.9. The molecular formula is C17H26N2. The van der Waals surface area contributed by atoms with Crippen LogP contribution in [0.3, 0.4) is 0 Å². The maximum Gasteiger partial charge on any atom is 0.0326 e. The maximum atomic E-state index is 3.75. The largest absolute Gasteiger partial charge is 0.310 e. The number of hydrogen-bond donors (Lipinski definition) is 1. The van der Waals surface area contributed by atoms with Gasteiger partial charge in [-0.1, -0.05) is 30.7 Å². The van der Waals surface area contributed by atoms with Gasteiger partial charge >= 0.3 is 0 Å². The summed E-state index contributed by atoms with van der Waals surface area (Å²) in [6.07, 6.45) is 8.07. The fraction of sp³-hybridized carbons (Fsp3) is 0.647. The summed E-state index contributed by atoms with van der Waals surface area (Å²) in [5.74, 6) is 0. The zero-order chi connectivity index (χ0) is 12.9. The fourth-order valence-electron chi connectivity index (χ4n) is 3.53. The lowest BCUT2D eigenvalue weighted by molar-refractivity contribution is 0.225. The summed E-state index contributed by atoms with van der Waals surface area (Å²) in [7, 11) is 0. The number of fused-ring (bicyclic) bond motifs is 1. The summed E-state index contributed by atoms with van der Waals surface area (Å²) in [4.78, 5) is 2.63. The molecule has 1 aromatic carbocycles. The third kappa shape index (κ3) is 3.37. The number of benzene rings is 1. The van der Waals surface area contributed by atoms with Gasteiger partial charge in [-0.25, -0.2) is 0 Å². The molecule has 1 atom stereocenters. The van der Waals surface area contributed by atoms with Crippen LogP contribution in [-0.4, -0.2) is 31.1 Å². The van der Waals surface area contributed by atoms with Crippen LogP contribution in [0.4, 0.5) is 0 Å². The van der Waals surface area contributed by atoms with Gasteiger partial charge in [-0.3, -0.25) is 0 Å². The predicted octanol–water partition coefficient (Wildman–Crippen LogP) is 3.14. The molecule has 0 bridgehead atoms. The van der Waals surface area contributed by atoms with Crippen LogP contribution in [0.15, 0.2) is 24.3 Å². The molecule has 1 aliphatic heterocycles. The van der Waals surface area contributed by atoms with Crippen LogP contribution in [0, 0.1) is 0 Å². The molecule has 1 aliphatic carbocycles. The minimum Gasteiger partial charge on any atom is -0.310 e. The van der Waals surface area contributed by atoms with E-state index in [1.54, 1.807) is 11.1 Å². The van der Waals surface area contributed by atoms with Gasteiger partial charge in [0.1, 0.15) is 0 Å². The quantitative estimate of drug-likeness (QED) is 0.816. The lowest BCUT2D eigenvalue weighted by Crippen LogP contribution is -2.32. The molecule has 0 aromatic heterocycles. The van der Waals surface area contributed by atoms with Crippen molar-refractivity contribution in [3.05, 3.63) is 35.4 Å². The van der Waals surface area contributed by atoms with Crippen molar-refractivity contribution in [2.75, 3.05) is 26.2 Å². The Morgan fingerprint density at radius 2 is 1.95 bits per heavy atom. The number of nitrogens with one attached hydrogen (secondary N) is 1. The third-order valence-electron chi connectivity index (χ3n) is 4.62. The van der Waals surface area contributed by atoms with Crippen LogP contribution in [0.2, 0.25) is 0 Å². The molecule has 2 nitrogen and oxygen atoms in total. The van der Waals surface area contributed by atoms with Gasteiger partial charge in [-0.2, -0.15) is 0 Å². The highest BCUT2D eigenvalue weighted by Gasteiger charge is 2.20. The topological polar surface area (TPSA) is 15.3 Å². The Hall–Kier alpha value is -0.860. The summed E-state index contributed by atoms with van der Waals surface area (Å²) in [6.45, 7) is 5.09. The van der Waals surface area contributed by atoms with Crippen molar-refractivity contribution in [3.8, 4) is 0 Å². The van der Waals surface area contributed by atoms with E-state index in [2.05, 4.69) is 34.5 Å². The van der Waals surface area contributed by atoms with Crippen molar-refractivity contribution in [2.45, 2.75) is 44.6 Å². The first-order valence-corrected chi connectivity index (χ1v) is 7.97. The third-order valence-corrected chi connectivity index (χ3v) is 4.62. The van der Waals surface area contributed by atoms with E-state index in [0.29, 0.717) is 6.04 Å². The number of rotatable bonds is 5. The van der Waals surface area contributed by atoms with Gasteiger partial charge in [0, 0.05) is 6.04 Å². The van der Waals surface area contributed by atoms with Gasteiger partial charge in [0.15, 0.2) is 0 Å². The van der Waals surface area contributed by atoms with Crippen molar-refractivity contribution in [1.82, 2.24) is 10.2 Å². The molecule has 1 aromatic rings. The van der Waals surface area contributed by atoms with Crippen molar-refractivity contribution in [1.29, 1.82) is 0 Å². The molecule has 0 amide bonds. The summed E-state index contributed by atoms with van der Waals surface area (Å²) < 4.78 is 0. The van der Waals surface area contributed by atoms with Crippen LogP contribution < -0.4 is 5.32 Å². The predicted molar refractivity (Wildman–Crippen MR) is 80.4 cm³/mol. The smallest absolute Gasteiger partial charge is 0.0326 e. The Balaban J connectivity index is 1.39. The second-order valence-electron chi connectivity index (χ2n) is 6.00. The number of likely N-dealkylation sites (tertiary alicyclic amines) is 1. The Morgan fingerprint density at radius 3 is 2.84 bits per heavy atom. The van der Waals surface area contributed by atoms with E-state index >= 15 is 0 Å². The second kappa shape index (κ2) is 6.53. The number of nitrogens with zero attached hydrogens (tertiary/aromatic N) is 1. The molecule has 0 saturated carbocycles. The van der Waals surface area contributed by atoms with Crippen molar-refractivity contribution < 1.29 is 0 Å². The van der Waals surface area contributed by atoms with Crippen LogP contribution in [0.25, 0.3) is 0 Å². The highest BCUT2D eigenvalue weighted by molar-refractivity contribution is 5.34. The van der Waals surface area contributed by atoms with E-state index in [9.17, 15) is 0 Å². The molecule has 1 saturated heterocycles. The van der Waals surface area contributed by atoms with Crippen LogP contribution >= 0.6 is 0 Å². The molecule has 1 unspecified atom stereocenters. The van der Waals surface area contributed by atoms with Gasteiger partial charge < -0.3 is 10.2 Å². The Morgan fingerprint density at radius 1 is 1.11 bits per heavy atom. The zero-order valence-electron chi connectivity index (χ0n) is 11.9. The average molecular weight is 258 g/mol. The SMILES string of the molecule is c1ccc2c(c1)CCC2NCCCN1CCCCC1. The lowest BCUT2D eigenvalue weighted by atomic mass is 10.1. The minimum atomic E-state index is 0.609. The number of aryl methyl sites for hydroxylation is 1. The first-order chi connectivity index (χ1) is 9.43. The van der Waals surface area contributed by atoms with E-state index in [1.807, 2.05) is 0 Å². The van der Waals surface area contributed by atoms with Gasteiger partial charge in [-0.15, -0.1) is 0 Å².